The van der Waals surface area contributed by atoms with E-state index in [1.807, 2.05) is 24.3 Å². The quantitative estimate of drug-likeness (QED) is 0.573. The van der Waals surface area contributed by atoms with E-state index < -0.39 is 0 Å². The van der Waals surface area contributed by atoms with E-state index in [1.54, 1.807) is 12.3 Å². The minimum atomic E-state index is -0.0664. The Labute approximate surface area is 92.8 Å². The van der Waals surface area contributed by atoms with E-state index in [2.05, 4.69) is 4.99 Å². The van der Waals surface area contributed by atoms with Gasteiger partial charge in [-0.1, -0.05) is 24.3 Å². The topological polar surface area (TPSA) is 38.7 Å². The molecule has 0 saturated carbocycles. The first-order valence-corrected chi connectivity index (χ1v) is 5.06. The largest absolute Gasteiger partial charge is 0.462 e. The molecule has 0 aromatic carbocycles. The van der Waals surface area contributed by atoms with Gasteiger partial charge in [0.1, 0.15) is 5.71 Å². The highest BCUT2D eigenvalue weighted by atomic mass is 16.5. The van der Waals surface area contributed by atoms with Crippen LogP contribution in [-0.2, 0) is 9.53 Å². The molecule has 0 bridgehead atoms. The maximum absolute atomic E-state index is 11.2. The van der Waals surface area contributed by atoms with Gasteiger partial charge in [0.2, 0.25) is 0 Å². The van der Waals surface area contributed by atoms with Crippen LogP contribution in [0.5, 0.6) is 0 Å². The van der Waals surface area contributed by atoms with E-state index in [0.29, 0.717) is 5.76 Å². The van der Waals surface area contributed by atoms with Gasteiger partial charge in [0.05, 0.1) is 12.3 Å². The molecule has 1 heterocycles. The number of aliphatic imine (C=N–C) groups is 1. The van der Waals surface area contributed by atoms with Crippen LogP contribution in [-0.4, -0.2) is 17.5 Å². The fourth-order valence-corrected chi connectivity index (χ4v) is 1.75. The van der Waals surface area contributed by atoms with Gasteiger partial charge in [-0.3, -0.25) is 9.79 Å². The molecule has 1 atom stereocenters. The Morgan fingerprint density at radius 2 is 2.12 bits per heavy atom. The predicted molar refractivity (Wildman–Crippen MR) is 60.9 cm³/mol. The summed E-state index contributed by atoms with van der Waals surface area (Å²) in [7, 11) is 0. The number of carbonyl (C=O) groups is 1. The van der Waals surface area contributed by atoms with E-state index >= 15 is 0 Å². The number of ketones is 1. The second-order valence-corrected chi connectivity index (χ2v) is 3.68. The molecule has 3 rings (SSSR count). The van der Waals surface area contributed by atoms with Gasteiger partial charge in [-0.25, -0.2) is 0 Å². The van der Waals surface area contributed by atoms with Crippen molar-refractivity contribution < 1.29 is 9.53 Å². The molecular formula is C13H9NO2. The third-order valence-corrected chi connectivity index (χ3v) is 2.57. The lowest BCUT2D eigenvalue weighted by Gasteiger charge is -2.10. The smallest absolute Gasteiger partial charge is 0.182 e. The summed E-state index contributed by atoms with van der Waals surface area (Å²) in [5.41, 5.74) is 1.71. The molecule has 0 saturated heterocycles. The van der Waals surface area contributed by atoms with Crippen molar-refractivity contribution >= 4 is 11.5 Å². The minimum Gasteiger partial charge on any atom is -0.462 e. The molecule has 3 nitrogen and oxygen atoms in total. The van der Waals surface area contributed by atoms with Crippen molar-refractivity contribution in [3.63, 3.8) is 0 Å². The molecule has 3 heteroatoms. The SMILES string of the molecule is O=C1C=CC2=NC3C=CC=CC3=COC2=C1. The number of allylic oxidation sites excluding steroid dienone is 5. The van der Waals surface area contributed by atoms with Crippen LogP contribution in [0.3, 0.4) is 0 Å². The summed E-state index contributed by atoms with van der Waals surface area (Å²) in [4.78, 5) is 15.7. The molecule has 0 fully saturated rings. The fraction of sp³-hybridized carbons (Fsp3) is 0.0769. The van der Waals surface area contributed by atoms with Crippen LogP contribution >= 0.6 is 0 Å². The Morgan fingerprint density at radius 1 is 1.19 bits per heavy atom. The van der Waals surface area contributed by atoms with Gasteiger partial charge < -0.3 is 4.74 Å². The van der Waals surface area contributed by atoms with Gasteiger partial charge >= 0.3 is 0 Å². The highest BCUT2D eigenvalue weighted by molar-refractivity contribution is 6.18. The van der Waals surface area contributed by atoms with E-state index in [9.17, 15) is 4.79 Å². The second kappa shape index (κ2) is 3.45. The summed E-state index contributed by atoms with van der Waals surface area (Å²) in [6.45, 7) is 0. The van der Waals surface area contributed by atoms with Crippen LogP contribution < -0.4 is 0 Å². The third kappa shape index (κ3) is 1.46. The van der Waals surface area contributed by atoms with E-state index in [-0.39, 0.29) is 11.8 Å². The first-order chi connectivity index (χ1) is 7.83. The number of nitrogens with zero attached hydrogens (tertiary/aromatic N) is 1. The van der Waals surface area contributed by atoms with Crippen molar-refractivity contribution in [2.24, 2.45) is 4.99 Å². The fourth-order valence-electron chi connectivity index (χ4n) is 1.75. The van der Waals surface area contributed by atoms with Crippen LogP contribution in [0.15, 0.2) is 65.1 Å². The van der Waals surface area contributed by atoms with Gasteiger partial charge in [0, 0.05) is 11.6 Å². The third-order valence-electron chi connectivity index (χ3n) is 2.57. The van der Waals surface area contributed by atoms with Crippen molar-refractivity contribution in [1.82, 2.24) is 0 Å². The number of hydrogen-bond donors (Lipinski definition) is 0. The Balaban J connectivity index is 2.07. The number of rotatable bonds is 0. The molecule has 2 aliphatic carbocycles. The van der Waals surface area contributed by atoms with E-state index in [4.69, 9.17) is 4.74 Å². The van der Waals surface area contributed by atoms with Crippen LogP contribution in [0.4, 0.5) is 0 Å². The molecule has 16 heavy (non-hydrogen) atoms. The van der Waals surface area contributed by atoms with Crippen LogP contribution in [0.2, 0.25) is 0 Å². The Morgan fingerprint density at radius 3 is 3.06 bits per heavy atom. The average Bonchev–Trinajstić information content (AvgIpc) is 2.48. The summed E-state index contributed by atoms with van der Waals surface area (Å²) >= 11 is 0. The van der Waals surface area contributed by atoms with E-state index in [0.717, 1.165) is 11.3 Å². The Bertz CT molecular complexity index is 530. The molecular weight excluding hydrogens is 202 g/mol. The summed E-state index contributed by atoms with van der Waals surface area (Å²) in [6.07, 6.45) is 14.2. The first-order valence-electron chi connectivity index (χ1n) is 5.06. The lowest BCUT2D eigenvalue weighted by Crippen LogP contribution is -2.11. The predicted octanol–water partition coefficient (Wildman–Crippen LogP) is 1.86. The lowest BCUT2D eigenvalue weighted by molar-refractivity contribution is -0.110. The van der Waals surface area contributed by atoms with Crippen molar-refractivity contribution in [2.75, 3.05) is 0 Å². The Hall–Kier alpha value is -2.16. The molecule has 78 valence electrons. The molecule has 0 radical (unpaired) electrons. The van der Waals surface area contributed by atoms with Gasteiger partial charge in [-0.2, -0.15) is 0 Å². The van der Waals surface area contributed by atoms with Crippen molar-refractivity contribution in [3.05, 3.63) is 60.1 Å². The van der Waals surface area contributed by atoms with Crippen LogP contribution in [0.25, 0.3) is 0 Å². The summed E-state index contributed by atoms with van der Waals surface area (Å²) in [5, 5.41) is 0. The van der Waals surface area contributed by atoms with Crippen molar-refractivity contribution in [2.45, 2.75) is 6.04 Å². The summed E-state index contributed by atoms with van der Waals surface area (Å²) in [6, 6.07) is -0.0104. The van der Waals surface area contributed by atoms with Gasteiger partial charge in [0.25, 0.3) is 0 Å². The Kier molecular flexibility index (Phi) is 1.96. The van der Waals surface area contributed by atoms with Gasteiger partial charge in [-0.05, 0) is 12.2 Å². The molecule has 0 amide bonds. The standard InChI is InChI=1S/C13H9NO2/c15-10-5-6-12-13(7-10)16-8-9-3-1-2-4-11(9)14-12/h1-8,11H. The zero-order valence-electron chi connectivity index (χ0n) is 8.46. The summed E-state index contributed by atoms with van der Waals surface area (Å²) in [5.74, 6) is 0.458. The first kappa shape index (κ1) is 9.09. The number of hydrogen-bond acceptors (Lipinski definition) is 3. The average molecular weight is 211 g/mol. The molecule has 3 aliphatic rings. The molecule has 0 N–H and O–H groups in total. The number of ether oxygens (including phenoxy) is 1. The van der Waals surface area contributed by atoms with Gasteiger partial charge in [-0.15, -0.1) is 0 Å². The normalized spacial score (nSPS) is 25.9. The van der Waals surface area contributed by atoms with Crippen molar-refractivity contribution in [1.29, 1.82) is 0 Å². The van der Waals surface area contributed by atoms with Crippen LogP contribution in [0, 0.1) is 0 Å². The highest BCUT2D eigenvalue weighted by Crippen LogP contribution is 2.22. The molecule has 1 unspecified atom stereocenters. The highest BCUT2D eigenvalue weighted by Gasteiger charge is 2.20. The van der Waals surface area contributed by atoms with Crippen molar-refractivity contribution in [3.8, 4) is 0 Å². The zero-order chi connectivity index (χ0) is 11.0. The van der Waals surface area contributed by atoms with Gasteiger partial charge in [0.15, 0.2) is 11.5 Å². The minimum absolute atomic E-state index is 0.0104. The van der Waals surface area contributed by atoms with Crippen LogP contribution in [0.1, 0.15) is 0 Å². The molecule has 0 aromatic heterocycles. The molecule has 1 aliphatic heterocycles. The number of carbonyl (C=O) groups excluding carboxylic acids is 1. The second-order valence-electron chi connectivity index (χ2n) is 3.68. The zero-order valence-corrected chi connectivity index (χ0v) is 8.46. The molecule has 0 spiro atoms. The number of fused-ring (bicyclic) bond motifs is 2. The maximum Gasteiger partial charge on any atom is 0.182 e. The van der Waals surface area contributed by atoms with E-state index in [1.165, 1.54) is 12.2 Å². The molecule has 0 aromatic rings. The summed E-state index contributed by atoms with van der Waals surface area (Å²) < 4.78 is 5.46. The maximum atomic E-state index is 11.2. The monoisotopic (exact) mass is 211 g/mol. The lowest BCUT2D eigenvalue weighted by atomic mass is 10.0.